The standard InChI is InChI=1S/C20H22FN5O3/c1-10-7-28-8-11-9-29-15-16(20(2,3)27)24-18(25-19(15)26(10)11)14-12-4-5-22-17(12)23-6-13(14)21/h4-6,10-11,27H,7-9H2,1-3H3,(H,22,23)/t10-,11+/m1/s1. The molecule has 0 amide bonds. The van der Waals surface area contributed by atoms with Gasteiger partial charge in [0.05, 0.1) is 37.1 Å². The molecule has 2 aliphatic heterocycles. The van der Waals surface area contributed by atoms with E-state index in [0.29, 0.717) is 48.1 Å². The summed E-state index contributed by atoms with van der Waals surface area (Å²) in [5.74, 6) is 0.653. The molecule has 8 nitrogen and oxygen atoms in total. The summed E-state index contributed by atoms with van der Waals surface area (Å²) in [6, 6.07) is 1.80. The zero-order valence-electron chi connectivity index (χ0n) is 16.4. The molecule has 2 atom stereocenters. The molecule has 152 valence electrons. The molecule has 3 aromatic rings. The predicted molar refractivity (Wildman–Crippen MR) is 104 cm³/mol. The number of nitrogens with one attached hydrogen (secondary N) is 1. The van der Waals surface area contributed by atoms with Gasteiger partial charge in [0, 0.05) is 11.6 Å². The van der Waals surface area contributed by atoms with Crippen molar-refractivity contribution in [1.29, 1.82) is 0 Å². The van der Waals surface area contributed by atoms with Crippen LogP contribution >= 0.6 is 0 Å². The van der Waals surface area contributed by atoms with Crippen LogP contribution in [0.1, 0.15) is 26.5 Å². The minimum atomic E-state index is -1.30. The number of nitrogens with zero attached hydrogens (tertiary/aromatic N) is 4. The second-order valence-corrected chi connectivity index (χ2v) is 8.09. The molecule has 0 radical (unpaired) electrons. The molecule has 0 aromatic carbocycles. The molecule has 5 rings (SSSR count). The molecule has 5 heterocycles. The smallest absolute Gasteiger partial charge is 0.186 e. The molecule has 0 unspecified atom stereocenters. The normalized spacial score (nSPS) is 21.6. The topological polar surface area (TPSA) is 96.4 Å². The summed E-state index contributed by atoms with van der Waals surface area (Å²) in [4.78, 5) is 18.5. The molecule has 0 spiro atoms. The first-order valence-corrected chi connectivity index (χ1v) is 9.60. The lowest BCUT2D eigenvalue weighted by Crippen LogP contribution is -2.56. The Hall–Kier alpha value is -2.78. The first-order chi connectivity index (χ1) is 13.8. The minimum Gasteiger partial charge on any atom is -0.485 e. The Morgan fingerprint density at radius 3 is 2.90 bits per heavy atom. The van der Waals surface area contributed by atoms with Gasteiger partial charge in [0.25, 0.3) is 0 Å². The van der Waals surface area contributed by atoms with Crippen LogP contribution in [0, 0.1) is 5.82 Å². The van der Waals surface area contributed by atoms with Crippen molar-refractivity contribution in [3.63, 3.8) is 0 Å². The number of anilines is 1. The van der Waals surface area contributed by atoms with Gasteiger partial charge in [0.2, 0.25) is 0 Å². The van der Waals surface area contributed by atoms with Gasteiger partial charge >= 0.3 is 0 Å². The van der Waals surface area contributed by atoms with Crippen LogP contribution in [-0.2, 0) is 10.3 Å². The van der Waals surface area contributed by atoms with Crippen LogP contribution in [0.2, 0.25) is 0 Å². The zero-order valence-corrected chi connectivity index (χ0v) is 16.4. The zero-order chi connectivity index (χ0) is 20.3. The number of hydrogen-bond donors (Lipinski definition) is 2. The van der Waals surface area contributed by atoms with Crippen LogP contribution in [0.15, 0.2) is 18.5 Å². The van der Waals surface area contributed by atoms with Crippen LogP contribution in [0.3, 0.4) is 0 Å². The molecule has 0 aliphatic carbocycles. The number of halogens is 1. The van der Waals surface area contributed by atoms with Crippen molar-refractivity contribution >= 4 is 16.9 Å². The Kier molecular flexibility index (Phi) is 4.01. The monoisotopic (exact) mass is 399 g/mol. The Labute approximate surface area is 166 Å². The third kappa shape index (κ3) is 2.84. The van der Waals surface area contributed by atoms with E-state index in [0.717, 1.165) is 6.20 Å². The number of rotatable bonds is 2. The highest BCUT2D eigenvalue weighted by atomic mass is 19.1. The SMILES string of the molecule is C[C@@H]1COC[C@H]2COc3c(nc(-c4c(F)cnc5[nH]ccc45)nc3C(C)(C)O)N21. The Morgan fingerprint density at radius 2 is 2.10 bits per heavy atom. The number of hydrogen-bond acceptors (Lipinski definition) is 7. The fourth-order valence-corrected chi connectivity index (χ4v) is 4.07. The van der Waals surface area contributed by atoms with Crippen molar-refractivity contribution in [2.75, 3.05) is 24.7 Å². The second kappa shape index (κ2) is 6.36. The maximum absolute atomic E-state index is 14.9. The fourth-order valence-electron chi connectivity index (χ4n) is 4.07. The number of aliphatic hydroxyl groups is 1. The van der Waals surface area contributed by atoms with Gasteiger partial charge < -0.3 is 24.5 Å². The first-order valence-electron chi connectivity index (χ1n) is 9.60. The predicted octanol–water partition coefficient (Wildman–Crippen LogP) is 2.37. The lowest BCUT2D eigenvalue weighted by atomic mass is 10.0. The van der Waals surface area contributed by atoms with E-state index in [1.165, 1.54) is 0 Å². The molecule has 2 N–H and O–H groups in total. The lowest BCUT2D eigenvalue weighted by molar-refractivity contribution is 0.0425. The van der Waals surface area contributed by atoms with Gasteiger partial charge in [0.15, 0.2) is 23.2 Å². The van der Waals surface area contributed by atoms with Crippen LogP contribution < -0.4 is 9.64 Å². The van der Waals surface area contributed by atoms with Crippen molar-refractivity contribution in [2.45, 2.75) is 38.5 Å². The summed E-state index contributed by atoms with van der Waals surface area (Å²) in [7, 11) is 0. The molecule has 1 saturated heterocycles. The molecular formula is C20H22FN5O3. The Morgan fingerprint density at radius 1 is 1.28 bits per heavy atom. The van der Waals surface area contributed by atoms with E-state index < -0.39 is 11.4 Å². The summed E-state index contributed by atoms with van der Waals surface area (Å²) in [5, 5.41) is 11.4. The van der Waals surface area contributed by atoms with Gasteiger partial charge in [-0.1, -0.05) is 0 Å². The largest absolute Gasteiger partial charge is 0.485 e. The second-order valence-electron chi connectivity index (χ2n) is 8.09. The van der Waals surface area contributed by atoms with Crippen molar-refractivity contribution in [2.24, 2.45) is 0 Å². The third-order valence-corrected chi connectivity index (χ3v) is 5.39. The summed E-state index contributed by atoms with van der Waals surface area (Å²) in [5.41, 5.74) is -0.186. The van der Waals surface area contributed by atoms with Gasteiger partial charge in [-0.3, -0.25) is 0 Å². The van der Waals surface area contributed by atoms with Gasteiger partial charge in [-0.25, -0.2) is 19.3 Å². The summed E-state index contributed by atoms with van der Waals surface area (Å²) < 4.78 is 26.5. The number of fused-ring (bicyclic) bond motifs is 4. The highest BCUT2D eigenvalue weighted by molar-refractivity contribution is 5.91. The maximum Gasteiger partial charge on any atom is 0.186 e. The van der Waals surface area contributed by atoms with E-state index in [1.807, 2.05) is 6.92 Å². The number of morpholine rings is 1. The van der Waals surface area contributed by atoms with E-state index in [2.05, 4.69) is 19.9 Å². The lowest BCUT2D eigenvalue weighted by Gasteiger charge is -2.45. The first kappa shape index (κ1) is 18.3. The number of H-pyrrole nitrogens is 1. The fraction of sp³-hybridized carbons (Fsp3) is 0.450. The van der Waals surface area contributed by atoms with E-state index in [4.69, 9.17) is 14.5 Å². The average molecular weight is 399 g/mol. The van der Waals surface area contributed by atoms with Gasteiger partial charge in [0.1, 0.15) is 23.5 Å². The molecule has 3 aromatic heterocycles. The van der Waals surface area contributed by atoms with Crippen LogP contribution in [0.5, 0.6) is 5.75 Å². The van der Waals surface area contributed by atoms with Gasteiger partial charge in [-0.05, 0) is 26.8 Å². The quantitative estimate of drug-likeness (QED) is 0.683. The summed E-state index contributed by atoms with van der Waals surface area (Å²) in [6.07, 6.45) is 2.84. The highest BCUT2D eigenvalue weighted by Crippen LogP contribution is 2.43. The molecule has 29 heavy (non-hydrogen) atoms. The van der Waals surface area contributed by atoms with Crippen molar-refractivity contribution in [1.82, 2.24) is 19.9 Å². The van der Waals surface area contributed by atoms with Crippen LogP contribution in [0.25, 0.3) is 22.4 Å². The van der Waals surface area contributed by atoms with E-state index in [1.54, 1.807) is 26.1 Å². The van der Waals surface area contributed by atoms with Gasteiger partial charge in [-0.15, -0.1) is 0 Å². The molecule has 1 fully saturated rings. The maximum atomic E-state index is 14.9. The number of aromatic nitrogens is 4. The van der Waals surface area contributed by atoms with E-state index >= 15 is 0 Å². The van der Waals surface area contributed by atoms with E-state index in [-0.39, 0.29) is 23.5 Å². The number of pyridine rings is 1. The van der Waals surface area contributed by atoms with Crippen LogP contribution in [0.4, 0.5) is 10.2 Å². The molecule has 2 aliphatic rings. The Bertz CT molecular complexity index is 1090. The van der Waals surface area contributed by atoms with Crippen molar-refractivity contribution in [3.8, 4) is 17.1 Å². The molecule has 9 heteroatoms. The average Bonchev–Trinajstić information content (AvgIpc) is 3.14. The van der Waals surface area contributed by atoms with Crippen molar-refractivity contribution < 1.29 is 19.0 Å². The number of ether oxygens (including phenoxy) is 2. The molecule has 0 saturated carbocycles. The van der Waals surface area contributed by atoms with Crippen molar-refractivity contribution in [3.05, 3.63) is 30.0 Å². The molecule has 0 bridgehead atoms. The van der Waals surface area contributed by atoms with Crippen LogP contribution in [-0.4, -0.2) is 56.9 Å². The summed E-state index contributed by atoms with van der Waals surface area (Å²) in [6.45, 7) is 6.79. The third-order valence-electron chi connectivity index (χ3n) is 5.39. The van der Waals surface area contributed by atoms with E-state index in [9.17, 15) is 9.50 Å². The minimum absolute atomic E-state index is 0.00165. The Balaban J connectivity index is 1.79. The highest BCUT2D eigenvalue weighted by Gasteiger charge is 2.40. The number of aromatic amines is 1. The molecular weight excluding hydrogens is 377 g/mol. The summed E-state index contributed by atoms with van der Waals surface area (Å²) >= 11 is 0. The van der Waals surface area contributed by atoms with Gasteiger partial charge in [-0.2, -0.15) is 0 Å².